The Labute approximate surface area is 304 Å². The van der Waals surface area contributed by atoms with Crippen LogP contribution in [-0.4, -0.2) is 8.07 Å². The van der Waals surface area contributed by atoms with Gasteiger partial charge in [0.25, 0.3) is 0 Å². The van der Waals surface area contributed by atoms with Crippen molar-refractivity contribution in [1.82, 2.24) is 0 Å². The van der Waals surface area contributed by atoms with Crippen LogP contribution in [0.1, 0.15) is 0 Å². The lowest BCUT2D eigenvalue weighted by atomic mass is 10.0. The standard InChI is InChI=1S/C48H33NSSi/c1-3-13-34(14-4-1)36-23-27-38(28-24-36)49(39-29-25-37(26-30-39)35-15-5-2-6-16-35)40-31-32-42-41-17-7-10-20-45(41)51(48(42)33-40)46-21-11-8-18-43(46)50-44-19-9-12-22-47(44)51/h1-33H. The highest BCUT2D eigenvalue weighted by Gasteiger charge is 2.52. The molecule has 0 amide bonds. The zero-order chi connectivity index (χ0) is 33.8. The summed E-state index contributed by atoms with van der Waals surface area (Å²) in [6.45, 7) is 0. The first kappa shape index (κ1) is 30.0. The van der Waals surface area contributed by atoms with Crippen molar-refractivity contribution in [3.8, 4) is 33.4 Å². The summed E-state index contributed by atoms with van der Waals surface area (Å²) in [6.07, 6.45) is 0. The van der Waals surface area contributed by atoms with E-state index in [1.165, 1.54) is 69.6 Å². The van der Waals surface area contributed by atoms with Crippen LogP contribution in [0, 0.1) is 0 Å². The average Bonchev–Trinajstić information content (AvgIpc) is 3.49. The van der Waals surface area contributed by atoms with E-state index in [-0.39, 0.29) is 0 Å². The summed E-state index contributed by atoms with van der Waals surface area (Å²) in [6, 6.07) is 74.1. The van der Waals surface area contributed by atoms with Crippen molar-refractivity contribution >= 4 is 57.6 Å². The molecule has 2 aliphatic rings. The molecule has 8 aromatic rings. The first-order chi connectivity index (χ1) is 25.3. The van der Waals surface area contributed by atoms with Gasteiger partial charge in [0, 0.05) is 26.9 Å². The molecule has 2 aliphatic heterocycles. The molecule has 2 heterocycles. The Morgan fingerprint density at radius 2 is 0.725 bits per heavy atom. The molecule has 0 atom stereocenters. The minimum Gasteiger partial charge on any atom is -0.311 e. The highest BCUT2D eigenvalue weighted by molar-refractivity contribution is 8.00. The molecular weight excluding hydrogens is 651 g/mol. The molecule has 0 N–H and O–H groups in total. The summed E-state index contributed by atoms with van der Waals surface area (Å²) in [4.78, 5) is 5.19. The van der Waals surface area contributed by atoms with Gasteiger partial charge < -0.3 is 4.90 Å². The van der Waals surface area contributed by atoms with Crippen LogP contribution >= 0.6 is 11.8 Å². The van der Waals surface area contributed by atoms with E-state index in [0.717, 1.165) is 11.4 Å². The van der Waals surface area contributed by atoms with Crippen LogP contribution in [0.15, 0.2) is 210 Å². The van der Waals surface area contributed by atoms with E-state index in [2.05, 4.69) is 205 Å². The van der Waals surface area contributed by atoms with Crippen LogP contribution in [-0.2, 0) is 0 Å². The highest BCUT2D eigenvalue weighted by Crippen LogP contribution is 2.41. The molecule has 8 aromatic carbocycles. The van der Waals surface area contributed by atoms with Gasteiger partial charge in [-0.3, -0.25) is 0 Å². The fraction of sp³-hybridized carbons (Fsp3) is 0. The van der Waals surface area contributed by atoms with E-state index in [1.807, 2.05) is 11.8 Å². The molecule has 1 spiro atoms. The van der Waals surface area contributed by atoms with E-state index in [0.29, 0.717) is 0 Å². The summed E-state index contributed by atoms with van der Waals surface area (Å²) in [5, 5.41) is 5.93. The topological polar surface area (TPSA) is 3.24 Å². The number of anilines is 3. The van der Waals surface area contributed by atoms with Gasteiger partial charge in [0.2, 0.25) is 0 Å². The van der Waals surface area contributed by atoms with Crippen LogP contribution in [0.3, 0.4) is 0 Å². The molecule has 1 nitrogen and oxygen atoms in total. The van der Waals surface area contributed by atoms with Crippen molar-refractivity contribution < 1.29 is 0 Å². The van der Waals surface area contributed by atoms with Crippen molar-refractivity contribution in [2.24, 2.45) is 0 Å². The third kappa shape index (κ3) is 4.77. The van der Waals surface area contributed by atoms with E-state index in [4.69, 9.17) is 0 Å². The van der Waals surface area contributed by atoms with Gasteiger partial charge in [-0.05, 0) is 103 Å². The molecule has 0 saturated heterocycles. The molecule has 3 heteroatoms. The van der Waals surface area contributed by atoms with Crippen LogP contribution in [0.4, 0.5) is 17.1 Å². The van der Waals surface area contributed by atoms with Gasteiger partial charge in [-0.15, -0.1) is 0 Å². The predicted molar refractivity (Wildman–Crippen MR) is 219 cm³/mol. The molecule has 51 heavy (non-hydrogen) atoms. The number of nitrogens with zero attached hydrogens (tertiary/aromatic N) is 1. The Bertz CT molecular complexity index is 2420. The second-order valence-electron chi connectivity index (χ2n) is 13.3. The minimum absolute atomic E-state index is 1.13. The Balaban J connectivity index is 1.19. The summed E-state index contributed by atoms with van der Waals surface area (Å²) in [5.41, 5.74) is 11.0. The van der Waals surface area contributed by atoms with Crippen molar-refractivity contribution in [3.05, 3.63) is 200 Å². The zero-order valence-electron chi connectivity index (χ0n) is 27.9. The second-order valence-corrected chi connectivity index (χ2v) is 18.0. The highest BCUT2D eigenvalue weighted by atomic mass is 32.2. The number of hydrogen-bond acceptors (Lipinski definition) is 2. The van der Waals surface area contributed by atoms with Gasteiger partial charge in [-0.1, -0.05) is 163 Å². The first-order valence-corrected chi connectivity index (χ1v) is 20.3. The largest absolute Gasteiger partial charge is 0.311 e. The predicted octanol–water partition coefficient (Wildman–Crippen LogP) is 10.3. The maximum Gasteiger partial charge on any atom is 0.183 e. The van der Waals surface area contributed by atoms with Gasteiger partial charge in [-0.2, -0.15) is 0 Å². The maximum atomic E-state index is 2.53. The Morgan fingerprint density at radius 3 is 1.27 bits per heavy atom. The third-order valence-electron chi connectivity index (χ3n) is 10.6. The van der Waals surface area contributed by atoms with Gasteiger partial charge in [0.05, 0.1) is 0 Å². The fourth-order valence-corrected chi connectivity index (χ4v) is 15.7. The lowest BCUT2D eigenvalue weighted by molar-refractivity contribution is 1.29. The van der Waals surface area contributed by atoms with E-state index < -0.39 is 8.07 Å². The smallest absolute Gasteiger partial charge is 0.183 e. The normalized spacial score (nSPS) is 13.2. The molecule has 0 saturated carbocycles. The van der Waals surface area contributed by atoms with Crippen LogP contribution < -0.4 is 25.6 Å². The molecule has 0 aliphatic carbocycles. The Morgan fingerprint density at radius 1 is 0.314 bits per heavy atom. The monoisotopic (exact) mass is 683 g/mol. The van der Waals surface area contributed by atoms with Crippen LogP contribution in [0.2, 0.25) is 0 Å². The first-order valence-electron chi connectivity index (χ1n) is 17.5. The molecule has 0 fully saturated rings. The SMILES string of the molecule is c1ccc(-c2ccc(N(c3ccc(-c4ccccc4)cc3)c3ccc4c(c3)[Si]3(c5ccccc5Sc5ccccc53)c3ccccc3-4)cc2)cc1. The Hall–Kier alpha value is -5.87. The van der Waals surface area contributed by atoms with Crippen molar-refractivity contribution in [2.45, 2.75) is 9.79 Å². The van der Waals surface area contributed by atoms with Crippen molar-refractivity contribution in [2.75, 3.05) is 4.90 Å². The summed E-state index contributed by atoms with van der Waals surface area (Å²) in [7, 11) is -2.63. The van der Waals surface area contributed by atoms with E-state index >= 15 is 0 Å². The lowest BCUT2D eigenvalue weighted by Gasteiger charge is -2.38. The van der Waals surface area contributed by atoms with Gasteiger partial charge in [0.1, 0.15) is 0 Å². The lowest BCUT2D eigenvalue weighted by Crippen LogP contribution is -2.74. The minimum atomic E-state index is -2.63. The number of rotatable bonds is 5. The number of hydrogen-bond donors (Lipinski definition) is 0. The molecular formula is C48H33NSSi. The van der Waals surface area contributed by atoms with Crippen molar-refractivity contribution in [3.63, 3.8) is 0 Å². The van der Waals surface area contributed by atoms with E-state index in [1.54, 1.807) is 0 Å². The second kappa shape index (κ2) is 12.2. The number of benzene rings is 8. The van der Waals surface area contributed by atoms with Crippen LogP contribution in [0.5, 0.6) is 0 Å². The van der Waals surface area contributed by atoms with Gasteiger partial charge >= 0.3 is 0 Å². The average molecular weight is 684 g/mol. The molecule has 240 valence electrons. The zero-order valence-corrected chi connectivity index (χ0v) is 29.7. The van der Waals surface area contributed by atoms with Crippen LogP contribution in [0.25, 0.3) is 33.4 Å². The summed E-state index contributed by atoms with van der Waals surface area (Å²) >= 11 is 1.92. The molecule has 0 unspecified atom stereocenters. The molecule has 0 radical (unpaired) electrons. The maximum absolute atomic E-state index is 2.63. The number of fused-ring (bicyclic) bond motifs is 9. The summed E-state index contributed by atoms with van der Waals surface area (Å²) < 4.78 is 0. The molecule has 10 rings (SSSR count). The third-order valence-corrected chi connectivity index (χ3v) is 17.0. The quantitative estimate of drug-likeness (QED) is 0.166. The van der Waals surface area contributed by atoms with Crippen molar-refractivity contribution in [1.29, 1.82) is 0 Å². The van der Waals surface area contributed by atoms with E-state index in [9.17, 15) is 0 Å². The molecule has 0 bridgehead atoms. The molecule has 0 aromatic heterocycles. The Kier molecular flexibility index (Phi) is 7.16. The van der Waals surface area contributed by atoms with Gasteiger partial charge in [0.15, 0.2) is 8.07 Å². The van der Waals surface area contributed by atoms with Gasteiger partial charge in [-0.25, -0.2) is 0 Å². The summed E-state index contributed by atoms with van der Waals surface area (Å²) in [5.74, 6) is 0. The fourth-order valence-electron chi connectivity index (χ4n) is 8.30.